The Morgan fingerprint density at radius 2 is 1.86 bits per heavy atom. The summed E-state index contributed by atoms with van der Waals surface area (Å²) in [5.41, 5.74) is 4.36. The van der Waals surface area contributed by atoms with Crippen LogP contribution in [0.3, 0.4) is 0 Å². The predicted molar refractivity (Wildman–Crippen MR) is 148 cm³/mol. The number of hydrazone groups is 1. The van der Waals surface area contributed by atoms with Crippen molar-refractivity contribution in [3.63, 3.8) is 0 Å². The van der Waals surface area contributed by atoms with E-state index in [1.54, 1.807) is 30.3 Å². The lowest BCUT2D eigenvalue weighted by Crippen LogP contribution is -2.46. The fourth-order valence-electron chi connectivity index (χ4n) is 3.39. The molecule has 0 fully saturated rings. The van der Waals surface area contributed by atoms with Crippen molar-refractivity contribution in [2.75, 3.05) is 7.11 Å². The number of nitrogens with zero attached hydrogens (tertiary/aromatic N) is 1. The number of benzene rings is 3. The number of nitrogens with one attached hydrogen (secondary N) is 2. The molecule has 0 aliphatic rings. The summed E-state index contributed by atoms with van der Waals surface area (Å²) < 4.78 is 34.5. The van der Waals surface area contributed by atoms with Gasteiger partial charge in [-0.25, -0.2) is 13.8 Å². The number of phenols is 1. The molecule has 1 amide bonds. The van der Waals surface area contributed by atoms with Crippen LogP contribution in [0.1, 0.15) is 16.7 Å². The molecule has 0 unspecified atom stereocenters. The third-order valence-electron chi connectivity index (χ3n) is 5.17. The number of hydrogen-bond donors (Lipinski definition) is 3. The van der Waals surface area contributed by atoms with E-state index in [9.17, 15) is 18.3 Å². The Labute approximate surface area is 224 Å². The first-order chi connectivity index (χ1) is 17.2. The number of methoxy groups -OCH3 is 1. The Kier molecular flexibility index (Phi) is 9.62. The first kappa shape index (κ1) is 27.4. The van der Waals surface area contributed by atoms with E-state index in [2.05, 4.69) is 44.4 Å². The van der Waals surface area contributed by atoms with Crippen molar-refractivity contribution in [3.05, 3.63) is 99.6 Å². The average molecular weight is 619 g/mol. The van der Waals surface area contributed by atoms with Gasteiger partial charge < -0.3 is 9.84 Å². The van der Waals surface area contributed by atoms with Crippen molar-refractivity contribution in [1.82, 2.24) is 10.1 Å². The minimum absolute atomic E-state index is 0.00603. The molecule has 10 heteroatoms. The normalized spacial score (nSPS) is 12.3. The van der Waals surface area contributed by atoms with Gasteiger partial charge in [0.25, 0.3) is 5.91 Å². The van der Waals surface area contributed by atoms with Crippen LogP contribution < -0.4 is 14.9 Å². The van der Waals surface area contributed by atoms with E-state index < -0.39 is 22.0 Å². The number of aromatic hydroxyl groups is 1. The van der Waals surface area contributed by atoms with E-state index in [1.165, 1.54) is 25.5 Å². The molecule has 0 aliphatic heterocycles. The summed E-state index contributed by atoms with van der Waals surface area (Å²) in [6, 6.07) is 17.6. The first-order valence-electron chi connectivity index (χ1n) is 10.9. The van der Waals surface area contributed by atoms with Gasteiger partial charge in [-0.2, -0.15) is 9.82 Å². The van der Waals surface area contributed by atoms with Crippen LogP contribution in [0.5, 0.6) is 11.5 Å². The molecule has 1 atom stereocenters. The molecule has 0 bridgehead atoms. The Bertz CT molecular complexity index is 1340. The summed E-state index contributed by atoms with van der Waals surface area (Å²) in [5, 5.41) is 14.2. The summed E-state index contributed by atoms with van der Waals surface area (Å²) in [7, 11) is -2.53. The lowest BCUT2D eigenvalue weighted by molar-refractivity contribution is -0.122. The Hall–Kier alpha value is -3.22. The third kappa shape index (κ3) is 7.39. The second-order valence-electron chi connectivity index (χ2n) is 7.78. The van der Waals surface area contributed by atoms with Gasteiger partial charge in [-0.05, 0) is 83.0 Å². The van der Waals surface area contributed by atoms with Crippen molar-refractivity contribution >= 4 is 44.7 Å². The third-order valence-corrected chi connectivity index (χ3v) is 7.38. The van der Waals surface area contributed by atoms with Crippen LogP contribution in [0, 0.1) is 3.57 Å². The van der Waals surface area contributed by atoms with Crippen LogP contribution in [0.25, 0.3) is 0 Å². The topological polar surface area (TPSA) is 117 Å². The molecule has 0 aliphatic carbocycles. The highest BCUT2D eigenvalue weighted by molar-refractivity contribution is 14.1. The Morgan fingerprint density at radius 3 is 2.50 bits per heavy atom. The summed E-state index contributed by atoms with van der Waals surface area (Å²) >= 11 is 2.09. The molecule has 3 aromatic rings. The number of amides is 1. The van der Waals surface area contributed by atoms with Gasteiger partial charge in [0.2, 0.25) is 10.0 Å². The van der Waals surface area contributed by atoms with Gasteiger partial charge in [0, 0.05) is 9.13 Å². The molecule has 188 valence electrons. The van der Waals surface area contributed by atoms with Crippen molar-refractivity contribution in [2.24, 2.45) is 5.10 Å². The van der Waals surface area contributed by atoms with Gasteiger partial charge in [0.15, 0.2) is 11.5 Å². The minimum Gasteiger partial charge on any atom is -0.504 e. The lowest BCUT2D eigenvalue weighted by Gasteiger charge is -2.17. The van der Waals surface area contributed by atoms with E-state index >= 15 is 0 Å². The molecule has 0 aromatic heterocycles. The number of allylic oxidation sites excluding steroid dienone is 1. The number of hydrogen-bond acceptors (Lipinski definition) is 6. The second kappa shape index (κ2) is 12.7. The molecule has 0 spiro atoms. The molecular weight excluding hydrogens is 593 g/mol. The zero-order valence-electron chi connectivity index (χ0n) is 19.5. The maximum absolute atomic E-state index is 13.0. The van der Waals surface area contributed by atoms with Gasteiger partial charge in [0.1, 0.15) is 6.04 Å². The predicted octanol–water partition coefficient (Wildman–Crippen LogP) is 3.77. The Morgan fingerprint density at radius 1 is 1.17 bits per heavy atom. The van der Waals surface area contributed by atoms with Gasteiger partial charge in [-0.15, -0.1) is 6.58 Å². The average Bonchev–Trinajstić information content (AvgIpc) is 2.86. The van der Waals surface area contributed by atoms with Crippen LogP contribution in [-0.4, -0.2) is 38.8 Å². The summed E-state index contributed by atoms with van der Waals surface area (Å²) in [6.45, 7) is 3.68. The lowest BCUT2D eigenvalue weighted by atomic mass is 10.1. The number of ether oxygens (including phenoxy) is 1. The fraction of sp³-hybridized carbons (Fsp3) is 0.154. The maximum Gasteiger partial charge on any atom is 0.258 e. The Balaban J connectivity index is 1.81. The summed E-state index contributed by atoms with van der Waals surface area (Å²) in [4.78, 5) is 13.1. The molecule has 0 radical (unpaired) electrons. The van der Waals surface area contributed by atoms with E-state index in [4.69, 9.17) is 4.74 Å². The zero-order valence-corrected chi connectivity index (χ0v) is 22.5. The van der Waals surface area contributed by atoms with E-state index in [-0.39, 0.29) is 22.8 Å². The van der Waals surface area contributed by atoms with Crippen molar-refractivity contribution in [3.8, 4) is 11.5 Å². The largest absolute Gasteiger partial charge is 0.504 e. The monoisotopic (exact) mass is 619 g/mol. The number of rotatable bonds is 11. The van der Waals surface area contributed by atoms with Crippen molar-refractivity contribution in [1.29, 1.82) is 0 Å². The second-order valence-corrected chi connectivity index (χ2v) is 10.7. The van der Waals surface area contributed by atoms with Gasteiger partial charge in [-0.3, -0.25) is 4.79 Å². The van der Waals surface area contributed by atoms with Gasteiger partial charge in [0.05, 0.1) is 18.2 Å². The molecule has 3 aromatic carbocycles. The highest BCUT2D eigenvalue weighted by Crippen LogP contribution is 2.31. The minimum atomic E-state index is -3.96. The fourth-order valence-corrected chi connectivity index (χ4v) is 4.94. The highest BCUT2D eigenvalue weighted by Gasteiger charge is 2.26. The maximum atomic E-state index is 13.0. The van der Waals surface area contributed by atoms with Crippen LogP contribution in [0.4, 0.5) is 0 Å². The first-order valence-corrected chi connectivity index (χ1v) is 13.4. The molecule has 36 heavy (non-hydrogen) atoms. The molecule has 0 saturated heterocycles. The van der Waals surface area contributed by atoms with E-state index in [0.717, 1.165) is 9.13 Å². The molecule has 3 rings (SSSR count). The number of sulfonamides is 1. The van der Waals surface area contributed by atoms with E-state index in [1.807, 2.05) is 30.3 Å². The van der Waals surface area contributed by atoms with Gasteiger partial charge in [-0.1, -0.05) is 36.4 Å². The van der Waals surface area contributed by atoms with Gasteiger partial charge >= 0.3 is 0 Å². The molecule has 8 nitrogen and oxygen atoms in total. The number of carbonyl (C=O) groups excluding carboxylic acids is 1. The standard InChI is InChI=1S/C26H26IN3O5S/c1-3-7-20-14-19(16-24(35-2)25(20)31)17-28-29-26(32)23(15-18-8-5-4-6-9-18)30-36(33,34)22-12-10-21(27)11-13-22/h3-6,8-14,16-17,23,30-31H,1,7,15H2,2H3,(H,29,32)/b28-17-/t23-/m0/s1. The van der Waals surface area contributed by atoms with Crippen LogP contribution >= 0.6 is 22.6 Å². The molecular formula is C26H26IN3O5S. The highest BCUT2D eigenvalue weighted by atomic mass is 127. The summed E-state index contributed by atoms with van der Waals surface area (Å²) in [6.07, 6.45) is 3.57. The molecule has 3 N–H and O–H groups in total. The van der Waals surface area contributed by atoms with Crippen LogP contribution in [0.15, 0.2) is 89.4 Å². The van der Waals surface area contributed by atoms with E-state index in [0.29, 0.717) is 17.5 Å². The smallest absolute Gasteiger partial charge is 0.258 e. The summed E-state index contributed by atoms with van der Waals surface area (Å²) in [5.74, 6) is -0.359. The quantitative estimate of drug-likeness (QED) is 0.131. The van der Waals surface area contributed by atoms with Crippen molar-refractivity contribution in [2.45, 2.75) is 23.8 Å². The number of carbonyl (C=O) groups is 1. The van der Waals surface area contributed by atoms with Crippen molar-refractivity contribution < 1.29 is 23.1 Å². The van der Waals surface area contributed by atoms with Crippen LogP contribution in [-0.2, 0) is 27.7 Å². The van der Waals surface area contributed by atoms with Crippen LogP contribution in [0.2, 0.25) is 0 Å². The molecule has 0 saturated carbocycles. The number of halogens is 1. The zero-order chi connectivity index (χ0) is 26.1. The number of phenolic OH excluding ortho intramolecular Hbond substituents is 1. The molecule has 0 heterocycles. The SMILES string of the molecule is C=CCc1cc(/C=N\NC(=O)[C@H](Cc2ccccc2)NS(=O)(=O)c2ccc(I)cc2)cc(OC)c1O.